The summed E-state index contributed by atoms with van der Waals surface area (Å²) in [6.45, 7) is 0. The molecule has 4 aromatic rings. The summed E-state index contributed by atoms with van der Waals surface area (Å²) < 4.78 is 15.0. The van der Waals surface area contributed by atoms with Crippen LogP contribution in [0, 0.1) is 14.3 Å². The fourth-order valence-electron chi connectivity index (χ4n) is 3.46. The Labute approximate surface area is 241 Å². The molecule has 0 aromatic heterocycles. The van der Waals surface area contributed by atoms with E-state index < -0.39 is 76.8 Å². The van der Waals surface area contributed by atoms with Crippen molar-refractivity contribution in [1.29, 1.82) is 0 Å². The van der Waals surface area contributed by atoms with Crippen molar-refractivity contribution in [2.75, 3.05) is 0 Å². The van der Waals surface area contributed by atoms with Crippen molar-refractivity contribution in [3.63, 3.8) is 0 Å². The van der Waals surface area contributed by atoms with Crippen LogP contribution in [0.15, 0.2) is 121 Å². The van der Waals surface area contributed by atoms with Gasteiger partial charge in [0.15, 0.2) is 0 Å². The molecule has 4 aromatic carbocycles. The molecule has 2 N–H and O–H groups in total. The van der Waals surface area contributed by atoms with Gasteiger partial charge in [-0.2, -0.15) is 0 Å². The number of aliphatic hydroxyl groups is 1. The van der Waals surface area contributed by atoms with E-state index in [0.717, 1.165) is 14.3 Å². The molecule has 39 heavy (non-hydrogen) atoms. The van der Waals surface area contributed by atoms with Gasteiger partial charge in [-0.15, -0.1) is 0 Å². The Balaban J connectivity index is 1.51. The summed E-state index contributed by atoms with van der Waals surface area (Å²) in [4.78, 5) is 38.1. The Hall–Kier alpha value is -3.29. The van der Waals surface area contributed by atoms with Crippen LogP contribution in [0.2, 0.25) is 0 Å². The Morgan fingerprint density at radius 2 is 0.795 bits per heavy atom. The molecule has 9 heteroatoms. The molecule has 0 bridgehead atoms. The number of hydrogen-bond donors (Lipinski definition) is 2. The van der Waals surface area contributed by atoms with Crippen LogP contribution in [0.4, 0.5) is 0 Å². The molecule has 0 radical (unpaired) electrons. The van der Waals surface area contributed by atoms with Gasteiger partial charge in [-0.1, -0.05) is 0 Å². The second-order valence-electron chi connectivity index (χ2n) is 8.27. The number of hydrogen-bond acceptors (Lipinski definition) is 6. The van der Waals surface area contributed by atoms with Gasteiger partial charge in [0.1, 0.15) is 0 Å². The number of benzene rings is 4. The van der Waals surface area contributed by atoms with E-state index in [4.69, 9.17) is 6.13 Å². The molecule has 0 aliphatic carbocycles. The summed E-state index contributed by atoms with van der Waals surface area (Å²) >= 11 is -5.50. The van der Waals surface area contributed by atoms with E-state index in [1.165, 1.54) is 0 Å². The van der Waals surface area contributed by atoms with Crippen LogP contribution in [0.3, 0.4) is 0 Å². The van der Waals surface area contributed by atoms with Crippen LogP contribution < -0.4 is 0 Å². The Morgan fingerprint density at radius 3 is 1.03 bits per heavy atom. The third-order valence-corrected chi connectivity index (χ3v) is 14.6. The number of rotatable bonds is 11. The fraction of sp³-hybridized carbons (Fsp3) is 0.100. The number of carbonyl (C=O) groups is 3. The van der Waals surface area contributed by atoms with Crippen molar-refractivity contribution in [3.05, 3.63) is 136 Å². The second-order valence-corrected chi connectivity index (χ2v) is 17.0. The Kier molecular flexibility index (Phi) is 10.1. The Morgan fingerprint density at radius 1 is 0.538 bits per heavy atom. The topological polar surface area (TPSA) is 110 Å². The van der Waals surface area contributed by atoms with Crippen molar-refractivity contribution in [3.8, 4) is 0 Å². The quantitative estimate of drug-likeness (QED) is 0.181. The minimum absolute atomic E-state index is 0.833. The van der Waals surface area contributed by atoms with E-state index >= 15 is 0 Å². The fourth-order valence-corrected chi connectivity index (χ4v) is 11.5. The zero-order chi connectivity index (χ0) is 27.7. The van der Waals surface area contributed by atoms with Gasteiger partial charge in [-0.05, 0) is 0 Å². The molecule has 4 rings (SSSR count). The zero-order valence-corrected chi connectivity index (χ0v) is 25.0. The number of aliphatic carboxylic acids is 1. The van der Waals surface area contributed by atoms with Crippen molar-refractivity contribution >= 4 is 58.4 Å². The molecular formula is C30H26I2O7. The maximum absolute atomic E-state index is 13.0. The maximum atomic E-state index is 13.0. The first-order valence-corrected chi connectivity index (χ1v) is 17.9. The van der Waals surface area contributed by atoms with E-state index in [9.17, 15) is 24.6 Å². The summed E-state index contributed by atoms with van der Waals surface area (Å²) in [6, 6.07) is 36.9. The molecule has 0 atom stereocenters. The number of carbonyl (C=O) groups excluding carboxylic acids is 2. The van der Waals surface area contributed by atoms with Gasteiger partial charge < -0.3 is 0 Å². The SMILES string of the molecule is O=C(CC(O)(CC(=O)OI(c1ccccc1)c1ccccc1)C(=O)O)OI(c1ccccc1)c1ccccc1. The molecule has 0 saturated heterocycles. The first-order chi connectivity index (χ1) is 18.9. The van der Waals surface area contributed by atoms with Gasteiger partial charge in [0, 0.05) is 0 Å². The van der Waals surface area contributed by atoms with Gasteiger partial charge in [-0.25, -0.2) is 0 Å². The number of halogens is 2. The van der Waals surface area contributed by atoms with E-state index in [0.29, 0.717) is 0 Å². The van der Waals surface area contributed by atoms with Gasteiger partial charge in [0.05, 0.1) is 0 Å². The van der Waals surface area contributed by atoms with Crippen LogP contribution in [0.5, 0.6) is 0 Å². The predicted octanol–water partition coefficient (Wildman–Crippen LogP) is 5.99. The van der Waals surface area contributed by atoms with Gasteiger partial charge in [0.2, 0.25) is 0 Å². The summed E-state index contributed by atoms with van der Waals surface area (Å²) in [5.74, 6) is -3.49. The molecular weight excluding hydrogens is 726 g/mol. The van der Waals surface area contributed by atoms with E-state index in [1.807, 2.05) is 121 Å². The van der Waals surface area contributed by atoms with Crippen LogP contribution >= 0.6 is 40.5 Å². The average Bonchev–Trinajstić information content (AvgIpc) is 2.96. The Bertz CT molecular complexity index is 1210. The second kappa shape index (κ2) is 13.7. The third kappa shape index (κ3) is 7.87. The molecule has 0 heterocycles. The summed E-state index contributed by atoms with van der Waals surface area (Å²) in [5, 5.41) is 20.8. The standard InChI is InChI=1S/C30H26I2O7/c33-27(38-31(23-13-5-1-6-14-23)24-15-7-2-8-16-24)21-30(37,29(35)36)22-28(34)39-32(25-17-9-3-10-18-25)26-19-11-4-12-20-26/h1-20,37H,21-22H2,(H,35,36). The van der Waals surface area contributed by atoms with Gasteiger partial charge in [-0.3, -0.25) is 0 Å². The molecule has 7 nitrogen and oxygen atoms in total. The normalized spacial score (nSPS) is 11.7. The third-order valence-electron chi connectivity index (χ3n) is 5.32. The van der Waals surface area contributed by atoms with E-state index in [1.54, 1.807) is 0 Å². The first-order valence-electron chi connectivity index (χ1n) is 11.8. The van der Waals surface area contributed by atoms with Crippen molar-refractivity contribution in [1.82, 2.24) is 0 Å². The first kappa shape index (κ1) is 28.7. The monoisotopic (exact) mass is 752 g/mol. The van der Waals surface area contributed by atoms with Crippen LogP contribution in [0.25, 0.3) is 0 Å². The summed E-state index contributed by atoms with van der Waals surface area (Å²) in [7, 11) is 0. The molecule has 0 unspecified atom stereocenters. The number of carboxylic acid groups (broad SMARTS) is 1. The van der Waals surface area contributed by atoms with Crippen molar-refractivity contribution in [2.45, 2.75) is 18.4 Å². The predicted molar refractivity (Wildman–Crippen MR) is 163 cm³/mol. The molecule has 202 valence electrons. The van der Waals surface area contributed by atoms with Crippen LogP contribution in [-0.4, -0.2) is 33.7 Å². The van der Waals surface area contributed by atoms with Crippen LogP contribution in [0.1, 0.15) is 12.8 Å². The van der Waals surface area contributed by atoms with Crippen LogP contribution in [-0.2, 0) is 20.5 Å². The average molecular weight is 752 g/mol. The summed E-state index contributed by atoms with van der Waals surface area (Å²) in [6.07, 6.45) is -1.79. The minimum atomic E-state index is -2.75. The van der Waals surface area contributed by atoms with Gasteiger partial charge in [0.25, 0.3) is 0 Å². The van der Waals surface area contributed by atoms with Gasteiger partial charge >= 0.3 is 243 Å². The molecule has 0 saturated carbocycles. The van der Waals surface area contributed by atoms with Crippen molar-refractivity contribution < 1.29 is 30.7 Å². The molecule has 0 spiro atoms. The van der Waals surface area contributed by atoms with E-state index in [2.05, 4.69) is 0 Å². The van der Waals surface area contributed by atoms with Crippen molar-refractivity contribution in [2.24, 2.45) is 0 Å². The molecule has 0 fully saturated rings. The molecule has 0 aliphatic rings. The van der Waals surface area contributed by atoms with E-state index in [-0.39, 0.29) is 0 Å². The molecule has 0 aliphatic heterocycles. The molecule has 0 amide bonds. The zero-order valence-electron chi connectivity index (χ0n) is 20.7. The summed E-state index contributed by atoms with van der Waals surface area (Å²) in [5.41, 5.74) is -2.68. The number of carboxylic acids is 1.